The molecule has 0 unspecified atom stereocenters. The largest absolute Gasteiger partial charge is 0.537 e. The van der Waals surface area contributed by atoms with Crippen molar-refractivity contribution in [1.82, 2.24) is 10.2 Å². The van der Waals surface area contributed by atoms with E-state index in [0.717, 1.165) is 6.07 Å². The zero-order chi connectivity index (χ0) is 15.0. The predicted octanol–water partition coefficient (Wildman–Crippen LogP) is 1.49. The number of aromatic carboxylic acids is 1. The Kier molecular flexibility index (Phi) is 3.83. The number of aromatic nitrogens is 2. The lowest BCUT2D eigenvalue weighted by molar-refractivity contribution is 0.0689. The molecule has 2 aromatic rings. The minimum atomic E-state index is -1.42. The van der Waals surface area contributed by atoms with E-state index in [4.69, 9.17) is 9.76 Å². The van der Waals surface area contributed by atoms with Crippen LogP contribution in [0, 0.1) is 5.82 Å². The summed E-state index contributed by atoms with van der Waals surface area (Å²) in [6.07, 6.45) is 0.349. The number of hydrogen-bond acceptors (Lipinski definition) is 7. The van der Waals surface area contributed by atoms with Crippen LogP contribution in [0.3, 0.4) is 0 Å². The van der Waals surface area contributed by atoms with E-state index in [1.165, 1.54) is 29.2 Å². The molecule has 108 valence electrons. The van der Waals surface area contributed by atoms with Gasteiger partial charge in [-0.15, -0.1) is 10.2 Å². The van der Waals surface area contributed by atoms with E-state index in [1.54, 1.807) is 5.51 Å². The van der Waals surface area contributed by atoms with Crippen LogP contribution in [0.2, 0.25) is 0 Å². The van der Waals surface area contributed by atoms with Gasteiger partial charge >= 0.3 is 13.1 Å². The fourth-order valence-electron chi connectivity index (χ4n) is 2.05. The van der Waals surface area contributed by atoms with Gasteiger partial charge in [0.15, 0.2) is 4.34 Å². The van der Waals surface area contributed by atoms with Crippen LogP contribution in [-0.2, 0) is 6.42 Å². The summed E-state index contributed by atoms with van der Waals surface area (Å²) in [5.74, 6) is -2.42. The average molecular weight is 326 g/mol. The SMILES string of the molecule is O=C(O)c1c(F)ccc2c1OB(O)[C@@H](Sc1nncs1)C2. The van der Waals surface area contributed by atoms with Crippen molar-refractivity contribution in [1.29, 1.82) is 0 Å². The average Bonchev–Trinajstić information content (AvgIpc) is 2.92. The lowest BCUT2D eigenvalue weighted by Gasteiger charge is -2.27. The first-order valence-electron chi connectivity index (χ1n) is 5.88. The summed E-state index contributed by atoms with van der Waals surface area (Å²) in [5.41, 5.74) is 1.57. The number of hydrogen-bond donors (Lipinski definition) is 2. The molecule has 2 N–H and O–H groups in total. The van der Waals surface area contributed by atoms with Gasteiger partial charge in [0.25, 0.3) is 0 Å². The van der Waals surface area contributed by atoms with Gasteiger partial charge in [0.1, 0.15) is 22.6 Å². The molecule has 0 saturated carbocycles. The normalized spacial score (nSPS) is 17.2. The number of benzene rings is 1. The summed E-state index contributed by atoms with van der Waals surface area (Å²) in [4.78, 5) is 11.1. The summed E-state index contributed by atoms with van der Waals surface area (Å²) < 4.78 is 19.5. The highest BCUT2D eigenvalue weighted by Crippen LogP contribution is 2.37. The molecule has 1 atom stereocenters. The highest BCUT2D eigenvalue weighted by Gasteiger charge is 2.38. The molecule has 2 heterocycles. The first kappa shape index (κ1) is 14.3. The smallest absolute Gasteiger partial charge is 0.535 e. The number of rotatable bonds is 3. The minimum absolute atomic E-state index is 0.107. The number of carboxylic acid groups (broad SMARTS) is 1. The third kappa shape index (κ3) is 2.74. The molecule has 10 heteroatoms. The molecule has 3 rings (SSSR count). The molecule has 0 bridgehead atoms. The van der Waals surface area contributed by atoms with Crippen LogP contribution in [0.5, 0.6) is 5.75 Å². The van der Waals surface area contributed by atoms with E-state index < -0.39 is 24.5 Å². The van der Waals surface area contributed by atoms with Gasteiger partial charge in [-0.2, -0.15) is 0 Å². The van der Waals surface area contributed by atoms with Crippen LogP contribution in [0.25, 0.3) is 0 Å². The zero-order valence-electron chi connectivity index (χ0n) is 10.4. The lowest BCUT2D eigenvalue weighted by atomic mass is 9.77. The molecular weight excluding hydrogens is 318 g/mol. The van der Waals surface area contributed by atoms with Crippen LogP contribution in [0.15, 0.2) is 22.0 Å². The molecule has 21 heavy (non-hydrogen) atoms. The molecule has 0 aliphatic carbocycles. The third-order valence-corrected chi connectivity index (χ3v) is 5.02. The van der Waals surface area contributed by atoms with Crippen molar-refractivity contribution in [2.75, 3.05) is 0 Å². The Labute approximate surface area is 127 Å². The van der Waals surface area contributed by atoms with Crippen molar-refractivity contribution >= 4 is 36.2 Å². The van der Waals surface area contributed by atoms with Gasteiger partial charge in [-0.3, -0.25) is 0 Å². The van der Waals surface area contributed by atoms with Crippen LogP contribution >= 0.6 is 23.1 Å². The molecule has 6 nitrogen and oxygen atoms in total. The van der Waals surface area contributed by atoms with E-state index in [2.05, 4.69) is 10.2 Å². The van der Waals surface area contributed by atoms with Crippen molar-refractivity contribution in [2.24, 2.45) is 0 Å². The second-order valence-corrected chi connectivity index (χ2v) is 6.61. The summed E-state index contributed by atoms with van der Waals surface area (Å²) >= 11 is 2.62. The van der Waals surface area contributed by atoms with E-state index in [-0.39, 0.29) is 10.9 Å². The Morgan fingerprint density at radius 1 is 1.57 bits per heavy atom. The maximum absolute atomic E-state index is 13.6. The van der Waals surface area contributed by atoms with E-state index in [9.17, 15) is 14.2 Å². The topological polar surface area (TPSA) is 92.5 Å². The molecule has 0 saturated heterocycles. The van der Waals surface area contributed by atoms with Gasteiger partial charge in [0.05, 0.1) is 5.15 Å². The second-order valence-electron chi connectivity index (χ2n) is 4.29. The van der Waals surface area contributed by atoms with Crippen LogP contribution in [0.1, 0.15) is 15.9 Å². The Bertz CT molecular complexity index is 685. The molecule has 1 aromatic heterocycles. The summed E-state index contributed by atoms with van der Waals surface area (Å²) in [6, 6.07) is 2.56. The number of carboxylic acids is 1. The van der Waals surface area contributed by atoms with E-state index in [0.29, 0.717) is 16.3 Å². The lowest BCUT2D eigenvalue weighted by Crippen LogP contribution is -2.41. The summed E-state index contributed by atoms with van der Waals surface area (Å²) in [6.45, 7) is 0. The van der Waals surface area contributed by atoms with E-state index in [1.807, 2.05) is 0 Å². The molecule has 1 aliphatic heterocycles. The predicted molar refractivity (Wildman–Crippen MR) is 75.2 cm³/mol. The number of halogens is 1. The van der Waals surface area contributed by atoms with Crippen LogP contribution < -0.4 is 4.65 Å². The second kappa shape index (κ2) is 5.62. The molecule has 0 spiro atoms. The monoisotopic (exact) mass is 326 g/mol. The fraction of sp³-hybridized carbons (Fsp3) is 0.182. The van der Waals surface area contributed by atoms with Crippen LogP contribution in [-0.4, -0.2) is 38.6 Å². The highest BCUT2D eigenvalue weighted by atomic mass is 32.2. The van der Waals surface area contributed by atoms with Gasteiger partial charge in [0.2, 0.25) is 0 Å². The maximum atomic E-state index is 13.6. The quantitative estimate of drug-likeness (QED) is 0.826. The zero-order valence-corrected chi connectivity index (χ0v) is 12.0. The Hall–Kier alpha value is -1.65. The molecule has 0 fully saturated rings. The third-order valence-electron chi connectivity index (χ3n) is 2.97. The Morgan fingerprint density at radius 3 is 3.05 bits per heavy atom. The first-order valence-corrected chi connectivity index (χ1v) is 7.64. The molecular formula is C11H8BFN2O4S2. The molecule has 0 amide bonds. The Balaban J connectivity index is 1.92. The van der Waals surface area contributed by atoms with Gasteiger partial charge in [-0.25, -0.2) is 9.18 Å². The van der Waals surface area contributed by atoms with Crippen molar-refractivity contribution in [2.45, 2.75) is 15.9 Å². The van der Waals surface area contributed by atoms with Gasteiger partial charge in [0, 0.05) is 0 Å². The van der Waals surface area contributed by atoms with Crippen molar-refractivity contribution in [3.05, 3.63) is 34.6 Å². The van der Waals surface area contributed by atoms with Crippen molar-refractivity contribution in [3.63, 3.8) is 0 Å². The number of thioether (sulfide) groups is 1. The molecule has 0 radical (unpaired) electrons. The van der Waals surface area contributed by atoms with Gasteiger partial charge < -0.3 is 14.8 Å². The highest BCUT2D eigenvalue weighted by molar-refractivity contribution is 8.02. The Morgan fingerprint density at radius 2 is 2.38 bits per heavy atom. The van der Waals surface area contributed by atoms with Gasteiger partial charge in [-0.05, 0) is 18.1 Å². The number of nitrogens with zero attached hydrogens (tertiary/aromatic N) is 2. The summed E-state index contributed by atoms with van der Waals surface area (Å²) in [5, 5.41) is 26.3. The fourth-order valence-corrected chi connectivity index (χ4v) is 3.84. The van der Waals surface area contributed by atoms with E-state index >= 15 is 0 Å². The maximum Gasteiger partial charge on any atom is 0.537 e. The molecule has 1 aliphatic rings. The number of fused-ring (bicyclic) bond motifs is 1. The summed E-state index contributed by atoms with van der Waals surface area (Å²) in [7, 11) is -1.24. The minimum Gasteiger partial charge on any atom is -0.535 e. The van der Waals surface area contributed by atoms with Crippen molar-refractivity contribution < 1.29 is 24.0 Å². The molecule has 1 aromatic carbocycles. The standard InChI is InChI=1S/C11H8BFN2O4S2/c13-6-2-1-5-3-7(21-11-15-14-4-20-11)12(18)19-9(5)8(6)10(16)17/h1-2,4,7,18H,3H2,(H,16,17)/t7-/m0/s1. The number of carbonyl (C=O) groups is 1. The first-order chi connectivity index (χ1) is 10.1. The van der Waals surface area contributed by atoms with Gasteiger partial charge in [-0.1, -0.05) is 29.2 Å². The van der Waals surface area contributed by atoms with Crippen LogP contribution in [0.4, 0.5) is 4.39 Å². The van der Waals surface area contributed by atoms with Crippen molar-refractivity contribution in [3.8, 4) is 5.75 Å².